The second-order valence-corrected chi connectivity index (χ2v) is 5.96. The van der Waals surface area contributed by atoms with Gasteiger partial charge < -0.3 is 18.6 Å². The highest BCUT2D eigenvalue weighted by Gasteiger charge is 2.12. The van der Waals surface area contributed by atoms with Crippen LogP contribution in [0.15, 0.2) is 64.5 Å². The molecule has 3 aromatic rings. The van der Waals surface area contributed by atoms with E-state index >= 15 is 0 Å². The average molecular weight is 366 g/mol. The summed E-state index contributed by atoms with van der Waals surface area (Å²) in [6, 6.07) is 10.1. The molecule has 0 bridgehead atoms. The van der Waals surface area contributed by atoms with Crippen LogP contribution < -0.4 is 14.9 Å². The number of ether oxygens (including phenoxy) is 3. The summed E-state index contributed by atoms with van der Waals surface area (Å²) in [5.41, 5.74) is 2.00. The highest BCUT2D eigenvalue weighted by molar-refractivity contribution is 5.80. The van der Waals surface area contributed by atoms with E-state index in [1.807, 2.05) is 32.0 Å². The van der Waals surface area contributed by atoms with Gasteiger partial charge in [0.05, 0.1) is 5.39 Å². The molecule has 0 aliphatic heterocycles. The maximum atomic E-state index is 12.6. The minimum atomic E-state index is -0.869. The van der Waals surface area contributed by atoms with Gasteiger partial charge in [-0.25, -0.2) is 4.79 Å². The molecule has 0 spiro atoms. The molecule has 27 heavy (non-hydrogen) atoms. The maximum absolute atomic E-state index is 12.6. The highest BCUT2D eigenvalue weighted by atomic mass is 16.7. The summed E-state index contributed by atoms with van der Waals surface area (Å²) < 4.78 is 20.9. The second-order valence-electron chi connectivity index (χ2n) is 5.96. The number of carbonyl (C=O) groups is 1. The molecule has 0 atom stereocenters. The van der Waals surface area contributed by atoms with E-state index < -0.39 is 6.16 Å². The molecule has 0 fully saturated rings. The van der Waals surface area contributed by atoms with Gasteiger partial charge in [-0.15, -0.1) is 0 Å². The van der Waals surface area contributed by atoms with Crippen LogP contribution in [0.4, 0.5) is 4.79 Å². The van der Waals surface area contributed by atoms with Crippen molar-refractivity contribution >= 4 is 17.1 Å². The van der Waals surface area contributed by atoms with Crippen LogP contribution in [-0.2, 0) is 4.74 Å². The van der Waals surface area contributed by atoms with Crippen LogP contribution in [0.1, 0.15) is 11.1 Å². The molecular formula is C21H18O6. The zero-order chi connectivity index (χ0) is 19.4. The molecule has 138 valence electrons. The quantitative estimate of drug-likeness (QED) is 0.363. The van der Waals surface area contributed by atoms with Gasteiger partial charge in [-0.3, -0.25) is 4.79 Å². The summed E-state index contributed by atoms with van der Waals surface area (Å²) in [5, 5.41) is 0.309. The first kappa shape index (κ1) is 18.3. The fourth-order valence-corrected chi connectivity index (χ4v) is 2.60. The van der Waals surface area contributed by atoms with Gasteiger partial charge in [0, 0.05) is 6.07 Å². The summed E-state index contributed by atoms with van der Waals surface area (Å²) in [6.07, 6.45) is 1.80. The van der Waals surface area contributed by atoms with Crippen LogP contribution in [0.25, 0.3) is 11.0 Å². The Morgan fingerprint density at radius 3 is 2.56 bits per heavy atom. The molecular weight excluding hydrogens is 348 g/mol. The Labute approximate surface area is 155 Å². The fraction of sp³-hybridized carbons (Fsp3) is 0.143. The van der Waals surface area contributed by atoms with Gasteiger partial charge in [-0.05, 0) is 49.2 Å². The van der Waals surface area contributed by atoms with Gasteiger partial charge in [-0.1, -0.05) is 18.7 Å². The third-order valence-corrected chi connectivity index (χ3v) is 3.66. The molecule has 1 heterocycles. The average Bonchev–Trinajstić information content (AvgIpc) is 2.61. The van der Waals surface area contributed by atoms with E-state index in [9.17, 15) is 9.59 Å². The van der Waals surface area contributed by atoms with Gasteiger partial charge >= 0.3 is 6.16 Å². The van der Waals surface area contributed by atoms with Crippen molar-refractivity contribution in [2.75, 3.05) is 6.61 Å². The van der Waals surface area contributed by atoms with Crippen molar-refractivity contribution < 1.29 is 23.4 Å². The Bertz CT molecular complexity index is 1040. The fourth-order valence-electron chi connectivity index (χ4n) is 2.60. The van der Waals surface area contributed by atoms with E-state index in [1.54, 1.807) is 0 Å². The summed E-state index contributed by atoms with van der Waals surface area (Å²) in [5.74, 6) is 0.832. The summed E-state index contributed by atoms with van der Waals surface area (Å²) in [4.78, 5) is 24.1. The Morgan fingerprint density at radius 1 is 1.11 bits per heavy atom. The molecule has 6 nitrogen and oxygen atoms in total. The lowest BCUT2D eigenvalue weighted by Crippen LogP contribution is -2.10. The van der Waals surface area contributed by atoms with Crippen LogP contribution in [0.2, 0.25) is 0 Å². The van der Waals surface area contributed by atoms with Crippen molar-refractivity contribution in [2.24, 2.45) is 0 Å². The number of hydrogen-bond acceptors (Lipinski definition) is 6. The first-order chi connectivity index (χ1) is 13.0. The predicted octanol–water partition coefficient (Wildman–Crippen LogP) is 4.90. The number of aryl methyl sites for hydroxylation is 2. The molecule has 0 saturated heterocycles. The molecule has 0 N–H and O–H groups in total. The third-order valence-electron chi connectivity index (χ3n) is 3.66. The molecule has 0 radical (unpaired) electrons. The van der Waals surface area contributed by atoms with Crippen LogP contribution in [-0.4, -0.2) is 12.8 Å². The standard InChI is InChI=1S/C21H18O6/c1-4-7-24-21(23)27-15-5-6-17-18(11-15)25-12-19(20(17)22)26-16-9-13(2)8-14(3)10-16/h4-6,8-12H,1,7H2,2-3H3. The first-order valence-corrected chi connectivity index (χ1v) is 8.23. The number of rotatable bonds is 5. The van der Waals surface area contributed by atoms with Crippen molar-refractivity contribution in [1.82, 2.24) is 0 Å². The summed E-state index contributed by atoms with van der Waals surface area (Å²) in [6.45, 7) is 7.38. The van der Waals surface area contributed by atoms with Crippen LogP contribution >= 0.6 is 0 Å². The molecule has 3 rings (SSSR count). The van der Waals surface area contributed by atoms with Crippen molar-refractivity contribution in [2.45, 2.75) is 13.8 Å². The summed E-state index contributed by atoms with van der Waals surface area (Å²) >= 11 is 0. The lowest BCUT2D eigenvalue weighted by Gasteiger charge is -2.08. The molecule has 0 unspecified atom stereocenters. The van der Waals surface area contributed by atoms with Gasteiger partial charge in [0.15, 0.2) is 0 Å². The van der Waals surface area contributed by atoms with E-state index in [1.165, 1.54) is 30.5 Å². The number of hydrogen-bond donors (Lipinski definition) is 0. The Hall–Kier alpha value is -3.54. The van der Waals surface area contributed by atoms with Gasteiger partial charge in [0.1, 0.15) is 30.0 Å². The zero-order valence-electron chi connectivity index (χ0n) is 15.0. The van der Waals surface area contributed by atoms with Crippen molar-refractivity contribution in [3.63, 3.8) is 0 Å². The van der Waals surface area contributed by atoms with Crippen LogP contribution in [0.5, 0.6) is 17.2 Å². The van der Waals surface area contributed by atoms with Crippen LogP contribution in [0.3, 0.4) is 0 Å². The van der Waals surface area contributed by atoms with Gasteiger partial charge in [0.25, 0.3) is 0 Å². The third kappa shape index (κ3) is 4.36. The largest absolute Gasteiger partial charge is 0.514 e. The SMILES string of the molecule is C=CCOC(=O)Oc1ccc2c(=O)c(Oc3cc(C)cc(C)c3)coc2c1. The Kier molecular flexibility index (Phi) is 5.26. The maximum Gasteiger partial charge on any atom is 0.514 e. The molecule has 0 saturated carbocycles. The summed E-state index contributed by atoms with van der Waals surface area (Å²) in [7, 11) is 0. The lowest BCUT2D eigenvalue weighted by molar-refractivity contribution is 0.109. The highest BCUT2D eigenvalue weighted by Crippen LogP contribution is 2.25. The molecule has 1 aromatic heterocycles. The van der Waals surface area contributed by atoms with Gasteiger partial charge in [-0.2, -0.15) is 0 Å². The molecule has 0 aliphatic carbocycles. The van der Waals surface area contributed by atoms with Crippen molar-refractivity contribution in [3.8, 4) is 17.2 Å². The Balaban J connectivity index is 1.87. The van der Waals surface area contributed by atoms with E-state index in [4.69, 9.17) is 18.6 Å². The van der Waals surface area contributed by atoms with Crippen LogP contribution in [0, 0.1) is 13.8 Å². The van der Waals surface area contributed by atoms with E-state index in [0.29, 0.717) is 11.1 Å². The minimum Gasteiger partial charge on any atom is -0.460 e. The smallest absolute Gasteiger partial charge is 0.460 e. The van der Waals surface area contributed by atoms with Gasteiger partial charge in [0.2, 0.25) is 11.2 Å². The lowest BCUT2D eigenvalue weighted by atomic mass is 10.1. The number of carbonyl (C=O) groups excluding carboxylic acids is 1. The molecule has 0 amide bonds. The monoisotopic (exact) mass is 366 g/mol. The molecule has 6 heteroatoms. The Morgan fingerprint density at radius 2 is 1.85 bits per heavy atom. The second kappa shape index (κ2) is 7.78. The normalized spacial score (nSPS) is 10.4. The number of fused-ring (bicyclic) bond motifs is 1. The zero-order valence-corrected chi connectivity index (χ0v) is 15.0. The first-order valence-electron chi connectivity index (χ1n) is 8.23. The topological polar surface area (TPSA) is 75.0 Å². The minimum absolute atomic E-state index is 0.0423. The van der Waals surface area contributed by atoms with E-state index in [2.05, 4.69) is 6.58 Å². The van der Waals surface area contributed by atoms with Crippen molar-refractivity contribution in [1.29, 1.82) is 0 Å². The van der Waals surface area contributed by atoms with Crippen molar-refractivity contribution in [3.05, 3.63) is 76.7 Å². The number of benzene rings is 2. The van der Waals surface area contributed by atoms with E-state index in [0.717, 1.165) is 11.1 Å². The predicted molar refractivity (Wildman–Crippen MR) is 101 cm³/mol. The van der Waals surface area contributed by atoms with E-state index in [-0.39, 0.29) is 29.1 Å². The molecule has 2 aromatic carbocycles. The molecule has 0 aliphatic rings.